The number of amides is 2. The number of carbonyl (C=O) groups excluding carboxylic acids is 2. The summed E-state index contributed by atoms with van der Waals surface area (Å²) in [4.78, 5) is 33.0. The fraction of sp³-hybridized carbons (Fsp3) is 0.138. The van der Waals surface area contributed by atoms with Crippen LogP contribution in [0, 0.1) is 0 Å². The molecule has 1 aromatic heterocycles. The van der Waals surface area contributed by atoms with Crippen LogP contribution in [0.3, 0.4) is 0 Å². The van der Waals surface area contributed by atoms with Crippen molar-refractivity contribution in [3.05, 3.63) is 136 Å². The van der Waals surface area contributed by atoms with Gasteiger partial charge in [0.15, 0.2) is 0 Å². The number of halogens is 2. The normalized spacial score (nSPS) is 11.5. The lowest BCUT2D eigenvalue weighted by Gasteiger charge is -2.32. The molecule has 3 aromatic carbocycles. The Morgan fingerprint density at radius 1 is 0.750 bits per heavy atom. The van der Waals surface area contributed by atoms with E-state index in [2.05, 4.69) is 10.3 Å². The molecule has 4 aromatic rings. The molecule has 36 heavy (non-hydrogen) atoms. The lowest BCUT2D eigenvalue weighted by Crippen LogP contribution is -2.43. The number of nitrogens with zero attached hydrogens (tertiary/aromatic N) is 2. The van der Waals surface area contributed by atoms with Crippen LogP contribution in [0.2, 0.25) is 10.0 Å². The quantitative estimate of drug-likeness (QED) is 0.295. The zero-order chi connectivity index (χ0) is 25.3. The summed E-state index contributed by atoms with van der Waals surface area (Å²) in [6.45, 7) is 0.566. The highest BCUT2D eigenvalue weighted by Crippen LogP contribution is 2.26. The summed E-state index contributed by atoms with van der Waals surface area (Å²) in [5.41, 5.74) is 3.33. The molecule has 0 aliphatic heterocycles. The van der Waals surface area contributed by atoms with E-state index in [0.29, 0.717) is 16.6 Å². The molecule has 0 bridgehead atoms. The van der Waals surface area contributed by atoms with Gasteiger partial charge in [0.2, 0.25) is 11.8 Å². The summed E-state index contributed by atoms with van der Waals surface area (Å²) in [6.07, 6.45) is 3.49. The van der Waals surface area contributed by atoms with Gasteiger partial charge in [-0.25, -0.2) is 0 Å². The van der Waals surface area contributed by atoms with Gasteiger partial charge >= 0.3 is 0 Å². The number of rotatable bonds is 9. The summed E-state index contributed by atoms with van der Waals surface area (Å²) in [7, 11) is 0. The molecular weight excluding hydrogens is 493 g/mol. The van der Waals surface area contributed by atoms with Crippen molar-refractivity contribution >= 4 is 35.0 Å². The lowest BCUT2D eigenvalue weighted by atomic mass is 10.0. The van der Waals surface area contributed by atoms with Gasteiger partial charge in [0.25, 0.3) is 0 Å². The molecule has 2 amide bonds. The van der Waals surface area contributed by atoms with Gasteiger partial charge in [-0.05, 0) is 58.7 Å². The van der Waals surface area contributed by atoms with Gasteiger partial charge in [-0.15, -0.1) is 0 Å². The van der Waals surface area contributed by atoms with E-state index in [1.165, 1.54) is 0 Å². The lowest BCUT2D eigenvalue weighted by molar-refractivity contribution is -0.141. The van der Waals surface area contributed by atoms with Gasteiger partial charge in [-0.1, -0.05) is 77.8 Å². The van der Waals surface area contributed by atoms with E-state index >= 15 is 0 Å². The molecule has 1 N–H and O–H groups in total. The minimum absolute atomic E-state index is 0.131. The van der Waals surface area contributed by atoms with E-state index in [0.717, 1.165) is 22.3 Å². The van der Waals surface area contributed by atoms with Crippen LogP contribution >= 0.6 is 23.2 Å². The smallest absolute Gasteiger partial charge is 0.247 e. The zero-order valence-electron chi connectivity index (χ0n) is 19.5. The minimum atomic E-state index is -0.830. The predicted molar refractivity (Wildman–Crippen MR) is 142 cm³/mol. The SMILES string of the molecule is O=C(NCc1ccncc1)[C@H](c1ccccc1)N(Cc1ccc(Cl)cc1)C(=O)Cc1ccc(Cl)cc1. The average molecular weight is 518 g/mol. The number of benzene rings is 3. The van der Waals surface area contributed by atoms with Crippen molar-refractivity contribution in [2.75, 3.05) is 0 Å². The van der Waals surface area contributed by atoms with Crippen LogP contribution in [0.15, 0.2) is 103 Å². The van der Waals surface area contributed by atoms with Crippen molar-refractivity contribution in [1.82, 2.24) is 15.2 Å². The second kappa shape index (κ2) is 12.3. The molecule has 0 aliphatic rings. The molecule has 0 radical (unpaired) electrons. The van der Waals surface area contributed by atoms with Crippen molar-refractivity contribution < 1.29 is 9.59 Å². The Bertz CT molecular complexity index is 1280. The highest BCUT2D eigenvalue weighted by atomic mass is 35.5. The Morgan fingerprint density at radius 3 is 1.94 bits per heavy atom. The molecule has 0 saturated carbocycles. The van der Waals surface area contributed by atoms with Crippen molar-refractivity contribution in [3.8, 4) is 0 Å². The molecule has 0 fully saturated rings. The standard InChI is InChI=1S/C29H25Cl2N3O2/c30-25-10-6-21(7-11-25)18-27(35)34(20-23-8-12-26(31)13-9-23)28(24-4-2-1-3-5-24)29(36)33-19-22-14-16-32-17-15-22/h1-17,28H,18-20H2,(H,33,36)/t28-/m0/s1. The molecular formula is C29H25Cl2N3O2. The molecule has 0 aliphatic carbocycles. The summed E-state index contributed by atoms with van der Waals surface area (Å²) in [5.74, 6) is -0.448. The molecule has 0 saturated heterocycles. The molecule has 1 heterocycles. The third-order valence-corrected chi connectivity index (χ3v) is 6.25. The van der Waals surface area contributed by atoms with Crippen LogP contribution in [0.4, 0.5) is 0 Å². The molecule has 0 spiro atoms. The van der Waals surface area contributed by atoms with E-state index in [1.54, 1.807) is 41.6 Å². The third-order valence-electron chi connectivity index (χ3n) is 5.75. The Kier molecular flexibility index (Phi) is 8.71. The third kappa shape index (κ3) is 6.94. The van der Waals surface area contributed by atoms with Gasteiger partial charge < -0.3 is 10.2 Å². The van der Waals surface area contributed by atoms with Gasteiger partial charge in [0.05, 0.1) is 6.42 Å². The van der Waals surface area contributed by atoms with E-state index in [-0.39, 0.29) is 24.8 Å². The highest BCUT2D eigenvalue weighted by Gasteiger charge is 2.31. The summed E-state index contributed by atoms with van der Waals surface area (Å²) in [6, 6.07) is 26.6. The average Bonchev–Trinajstić information content (AvgIpc) is 2.91. The zero-order valence-corrected chi connectivity index (χ0v) is 21.0. The molecule has 7 heteroatoms. The molecule has 1 atom stereocenters. The first-order valence-corrected chi connectivity index (χ1v) is 12.2. The fourth-order valence-electron chi connectivity index (χ4n) is 3.88. The van der Waals surface area contributed by atoms with Crippen molar-refractivity contribution in [3.63, 3.8) is 0 Å². The Hall–Kier alpha value is -3.67. The van der Waals surface area contributed by atoms with Crippen molar-refractivity contribution in [1.29, 1.82) is 0 Å². The number of nitrogens with one attached hydrogen (secondary N) is 1. The van der Waals surface area contributed by atoms with Crippen molar-refractivity contribution in [2.45, 2.75) is 25.6 Å². The number of hydrogen-bond acceptors (Lipinski definition) is 3. The second-order valence-electron chi connectivity index (χ2n) is 8.34. The van der Waals surface area contributed by atoms with E-state index in [9.17, 15) is 9.59 Å². The van der Waals surface area contributed by atoms with Crippen LogP contribution in [0.1, 0.15) is 28.3 Å². The van der Waals surface area contributed by atoms with E-state index in [1.807, 2.05) is 66.7 Å². The Morgan fingerprint density at radius 2 is 1.33 bits per heavy atom. The largest absolute Gasteiger partial charge is 0.350 e. The van der Waals surface area contributed by atoms with Crippen LogP contribution in [-0.4, -0.2) is 21.7 Å². The van der Waals surface area contributed by atoms with Crippen LogP contribution < -0.4 is 5.32 Å². The number of carbonyl (C=O) groups is 2. The maximum atomic E-state index is 13.7. The first-order valence-electron chi connectivity index (χ1n) is 11.5. The molecule has 182 valence electrons. The number of hydrogen-bond donors (Lipinski definition) is 1. The Labute approximate surface area is 220 Å². The van der Waals surface area contributed by atoms with Gasteiger partial charge in [0.1, 0.15) is 6.04 Å². The van der Waals surface area contributed by atoms with Crippen LogP contribution in [-0.2, 0) is 29.1 Å². The monoisotopic (exact) mass is 517 g/mol. The predicted octanol–water partition coefficient (Wildman–Crippen LogP) is 6.02. The van der Waals surface area contributed by atoms with Gasteiger partial charge in [-0.2, -0.15) is 0 Å². The first-order chi connectivity index (χ1) is 17.5. The molecule has 4 rings (SSSR count). The van der Waals surface area contributed by atoms with Crippen LogP contribution in [0.5, 0.6) is 0 Å². The number of pyridine rings is 1. The fourth-order valence-corrected chi connectivity index (χ4v) is 4.14. The maximum Gasteiger partial charge on any atom is 0.247 e. The van der Waals surface area contributed by atoms with Gasteiger partial charge in [0, 0.05) is 35.5 Å². The first kappa shape index (κ1) is 25.4. The minimum Gasteiger partial charge on any atom is -0.350 e. The van der Waals surface area contributed by atoms with Crippen LogP contribution in [0.25, 0.3) is 0 Å². The van der Waals surface area contributed by atoms with Gasteiger partial charge in [-0.3, -0.25) is 14.6 Å². The van der Waals surface area contributed by atoms with E-state index < -0.39 is 6.04 Å². The highest BCUT2D eigenvalue weighted by molar-refractivity contribution is 6.30. The summed E-state index contributed by atoms with van der Waals surface area (Å²) >= 11 is 12.1. The summed E-state index contributed by atoms with van der Waals surface area (Å²) < 4.78 is 0. The molecule has 5 nitrogen and oxygen atoms in total. The topological polar surface area (TPSA) is 62.3 Å². The number of aromatic nitrogens is 1. The molecule has 0 unspecified atom stereocenters. The van der Waals surface area contributed by atoms with E-state index in [4.69, 9.17) is 23.2 Å². The maximum absolute atomic E-state index is 13.7. The summed E-state index contributed by atoms with van der Waals surface area (Å²) in [5, 5.41) is 4.20. The second-order valence-corrected chi connectivity index (χ2v) is 9.21. The Balaban J connectivity index is 1.67. The van der Waals surface area contributed by atoms with Crippen molar-refractivity contribution in [2.24, 2.45) is 0 Å².